The molecule has 5 heteroatoms. The summed E-state index contributed by atoms with van der Waals surface area (Å²) in [5.41, 5.74) is -0.973. The molecular weight excluding hydrogens is 196 g/mol. The van der Waals surface area contributed by atoms with Gasteiger partial charge in [-0.3, -0.25) is 14.3 Å². The van der Waals surface area contributed by atoms with Gasteiger partial charge in [0.15, 0.2) is 0 Å². The lowest BCUT2D eigenvalue weighted by Crippen LogP contribution is -2.30. The molecule has 1 heterocycles. The molecule has 2 aromatic rings. The van der Waals surface area contributed by atoms with E-state index in [4.69, 9.17) is 0 Å². The third-order valence-electron chi connectivity index (χ3n) is 1.92. The van der Waals surface area contributed by atoms with Gasteiger partial charge in [-0.25, -0.2) is 4.79 Å². The standard InChI is InChI=1S/C10H8N2O3/c13-8-6-9(14)12(10(15)11-8)7-4-2-1-3-5-7/h1-6,14H,(H,11,13,15)/p-1. The van der Waals surface area contributed by atoms with Crippen molar-refractivity contribution in [2.45, 2.75) is 0 Å². The van der Waals surface area contributed by atoms with Gasteiger partial charge in [-0.05, 0) is 18.0 Å². The SMILES string of the molecule is O=c1cc([O-])n(-c2ccccc2)c(=O)[nH]1. The van der Waals surface area contributed by atoms with Crippen LogP contribution >= 0.6 is 0 Å². The summed E-state index contributed by atoms with van der Waals surface area (Å²) in [5, 5.41) is 11.4. The fraction of sp³-hybridized carbons (Fsp3) is 0. The predicted molar refractivity (Wildman–Crippen MR) is 52.1 cm³/mol. The van der Waals surface area contributed by atoms with Crippen molar-refractivity contribution in [2.75, 3.05) is 0 Å². The number of aromatic nitrogens is 2. The van der Waals surface area contributed by atoms with Crippen LogP contribution in [0.5, 0.6) is 5.88 Å². The van der Waals surface area contributed by atoms with Crippen molar-refractivity contribution >= 4 is 0 Å². The molecule has 0 aliphatic heterocycles. The second-order valence-electron chi connectivity index (χ2n) is 2.95. The Balaban J connectivity index is 2.75. The molecule has 0 unspecified atom stereocenters. The molecule has 0 saturated carbocycles. The first kappa shape index (κ1) is 9.26. The van der Waals surface area contributed by atoms with Crippen LogP contribution in [0, 0.1) is 0 Å². The van der Waals surface area contributed by atoms with Crippen molar-refractivity contribution < 1.29 is 5.11 Å². The molecule has 1 aromatic carbocycles. The molecule has 15 heavy (non-hydrogen) atoms. The van der Waals surface area contributed by atoms with E-state index in [1.54, 1.807) is 30.3 Å². The van der Waals surface area contributed by atoms with Gasteiger partial charge in [-0.2, -0.15) is 0 Å². The number of benzene rings is 1. The second-order valence-corrected chi connectivity index (χ2v) is 2.95. The van der Waals surface area contributed by atoms with Crippen molar-refractivity contribution in [1.82, 2.24) is 9.55 Å². The molecule has 0 fully saturated rings. The molecule has 0 saturated heterocycles. The fourth-order valence-corrected chi connectivity index (χ4v) is 1.30. The first-order valence-electron chi connectivity index (χ1n) is 4.27. The molecule has 1 aromatic heterocycles. The Morgan fingerprint density at radius 1 is 1.13 bits per heavy atom. The lowest BCUT2D eigenvalue weighted by molar-refractivity contribution is -0.278. The highest BCUT2D eigenvalue weighted by Gasteiger charge is 2.00. The van der Waals surface area contributed by atoms with Gasteiger partial charge >= 0.3 is 5.69 Å². The maximum atomic E-state index is 11.4. The number of H-pyrrole nitrogens is 1. The number of nitrogens with zero attached hydrogens (tertiary/aromatic N) is 1. The van der Waals surface area contributed by atoms with Crippen LogP contribution < -0.4 is 16.4 Å². The lowest BCUT2D eigenvalue weighted by atomic mass is 10.3. The number of hydrogen-bond acceptors (Lipinski definition) is 3. The predicted octanol–water partition coefficient (Wildman–Crippen LogP) is -0.401. The zero-order chi connectivity index (χ0) is 10.8. The van der Waals surface area contributed by atoms with Crippen LogP contribution in [0.1, 0.15) is 0 Å². The van der Waals surface area contributed by atoms with E-state index in [0.717, 1.165) is 10.6 Å². The Bertz CT molecular complexity index is 584. The summed E-state index contributed by atoms with van der Waals surface area (Å²) in [6.45, 7) is 0. The van der Waals surface area contributed by atoms with Crippen LogP contribution in [0.4, 0.5) is 0 Å². The van der Waals surface area contributed by atoms with Crippen molar-refractivity contribution in [1.29, 1.82) is 0 Å². The zero-order valence-electron chi connectivity index (χ0n) is 7.64. The summed E-state index contributed by atoms with van der Waals surface area (Å²) in [7, 11) is 0. The van der Waals surface area contributed by atoms with Crippen molar-refractivity contribution in [3.05, 3.63) is 57.2 Å². The third kappa shape index (κ3) is 1.67. The molecular formula is C10H7N2O3-. The number of nitrogens with one attached hydrogen (secondary N) is 1. The first-order chi connectivity index (χ1) is 7.18. The van der Waals surface area contributed by atoms with Gasteiger partial charge in [0.05, 0.1) is 0 Å². The van der Waals surface area contributed by atoms with E-state index in [9.17, 15) is 14.7 Å². The largest absolute Gasteiger partial charge is 0.859 e. The van der Waals surface area contributed by atoms with E-state index in [2.05, 4.69) is 0 Å². The van der Waals surface area contributed by atoms with Gasteiger partial charge in [-0.15, -0.1) is 0 Å². The van der Waals surface area contributed by atoms with Gasteiger partial charge in [-0.1, -0.05) is 18.2 Å². The van der Waals surface area contributed by atoms with E-state index in [1.807, 2.05) is 4.98 Å². The highest BCUT2D eigenvalue weighted by atomic mass is 16.3. The fourth-order valence-electron chi connectivity index (χ4n) is 1.30. The van der Waals surface area contributed by atoms with Crippen LogP contribution in [-0.2, 0) is 0 Å². The molecule has 0 spiro atoms. The van der Waals surface area contributed by atoms with Crippen LogP contribution in [0.25, 0.3) is 5.69 Å². The quantitative estimate of drug-likeness (QED) is 0.684. The van der Waals surface area contributed by atoms with Crippen molar-refractivity contribution in [3.63, 3.8) is 0 Å². The molecule has 0 atom stereocenters. The molecule has 0 amide bonds. The first-order valence-corrected chi connectivity index (χ1v) is 4.27. The van der Waals surface area contributed by atoms with E-state index in [0.29, 0.717) is 5.69 Å². The van der Waals surface area contributed by atoms with Gasteiger partial charge < -0.3 is 5.11 Å². The van der Waals surface area contributed by atoms with Crippen LogP contribution in [-0.4, -0.2) is 9.55 Å². The average molecular weight is 203 g/mol. The molecule has 1 N–H and O–H groups in total. The Hall–Kier alpha value is -2.30. The maximum Gasteiger partial charge on any atom is 0.332 e. The van der Waals surface area contributed by atoms with Gasteiger partial charge in [0.2, 0.25) is 0 Å². The van der Waals surface area contributed by atoms with Gasteiger partial charge in [0.1, 0.15) is 0 Å². The highest BCUT2D eigenvalue weighted by molar-refractivity contribution is 5.34. The van der Waals surface area contributed by atoms with Crippen LogP contribution in [0.15, 0.2) is 46.0 Å². The Kier molecular flexibility index (Phi) is 2.13. The van der Waals surface area contributed by atoms with Gasteiger partial charge in [0, 0.05) is 11.8 Å². The number of hydrogen-bond donors (Lipinski definition) is 1. The van der Waals surface area contributed by atoms with Crippen LogP contribution in [0.3, 0.4) is 0 Å². The van der Waals surface area contributed by atoms with Crippen molar-refractivity contribution in [3.8, 4) is 11.6 Å². The minimum absolute atomic E-state index is 0.434. The summed E-state index contributed by atoms with van der Waals surface area (Å²) in [5.74, 6) is -0.630. The molecule has 76 valence electrons. The Labute approximate surface area is 84.3 Å². The normalized spacial score (nSPS) is 10.1. The maximum absolute atomic E-state index is 11.4. The van der Waals surface area contributed by atoms with E-state index < -0.39 is 17.1 Å². The minimum Gasteiger partial charge on any atom is -0.859 e. The summed E-state index contributed by atoms with van der Waals surface area (Å²) in [6, 6.07) is 9.24. The lowest BCUT2D eigenvalue weighted by Gasteiger charge is -2.14. The van der Waals surface area contributed by atoms with E-state index in [1.165, 1.54) is 0 Å². The average Bonchev–Trinajstić information content (AvgIpc) is 2.17. The molecule has 2 rings (SSSR count). The Morgan fingerprint density at radius 2 is 1.80 bits per heavy atom. The summed E-state index contributed by atoms with van der Waals surface area (Å²) in [4.78, 5) is 24.2. The number of rotatable bonds is 1. The summed E-state index contributed by atoms with van der Waals surface area (Å²) in [6.07, 6.45) is 0. The number of para-hydroxylation sites is 1. The zero-order valence-corrected chi connectivity index (χ0v) is 7.64. The topological polar surface area (TPSA) is 77.9 Å². The van der Waals surface area contributed by atoms with E-state index in [-0.39, 0.29) is 0 Å². The summed E-state index contributed by atoms with van der Waals surface area (Å²) < 4.78 is 0.904. The smallest absolute Gasteiger partial charge is 0.332 e. The monoisotopic (exact) mass is 203 g/mol. The van der Waals surface area contributed by atoms with E-state index >= 15 is 0 Å². The Morgan fingerprint density at radius 3 is 2.40 bits per heavy atom. The van der Waals surface area contributed by atoms with Crippen LogP contribution in [0.2, 0.25) is 0 Å². The molecule has 0 radical (unpaired) electrons. The second kappa shape index (κ2) is 3.45. The number of aromatic amines is 1. The molecule has 0 aliphatic carbocycles. The molecule has 5 nitrogen and oxygen atoms in total. The van der Waals surface area contributed by atoms with Gasteiger partial charge in [0.25, 0.3) is 5.56 Å². The molecule has 0 aliphatic rings. The molecule has 0 bridgehead atoms. The van der Waals surface area contributed by atoms with Crippen molar-refractivity contribution in [2.24, 2.45) is 0 Å². The summed E-state index contributed by atoms with van der Waals surface area (Å²) >= 11 is 0. The highest BCUT2D eigenvalue weighted by Crippen LogP contribution is 2.07. The third-order valence-corrected chi connectivity index (χ3v) is 1.92. The minimum atomic E-state index is -0.723.